The van der Waals surface area contributed by atoms with Crippen LogP contribution in [0.4, 0.5) is 4.79 Å². The third-order valence-electron chi connectivity index (χ3n) is 3.98. The highest BCUT2D eigenvalue weighted by molar-refractivity contribution is 5.85. The molecular weight excluding hydrogens is 372 g/mol. The molecule has 0 aromatic rings. The largest absolute Gasteiger partial charge is 0.444 e. The van der Waals surface area contributed by atoms with Crippen LogP contribution in [0.2, 0.25) is 0 Å². The third kappa shape index (κ3) is 11.5. The fourth-order valence-electron chi connectivity index (χ4n) is 2.76. The summed E-state index contributed by atoms with van der Waals surface area (Å²) in [6, 6.07) is 0. The second kappa shape index (κ2) is 11.2. The molecule has 168 valence electrons. The van der Waals surface area contributed by atoms with Gasteiger partial charge in [0.2, 0.25) is 5.91 Å². The lowest BCUT2D eigenvalue weighted by Gasteiger charge is -2.35. The second-order valence-electron chi connectivity index (χ2n) is 9.23. The molecular formula is C20H40N6O3. The number of guanidine groups is 1. The monoisotopic (exact) mass is 412 g/mol. The molecule has 9 heteroatoms. The first kappa shape index (κ1) is 25.0. The Morgan fingerprint density at radius 2 is 1.62 bits per heavy atom. The first-order valence-corrected chi connectivity index (χ1v) is 10.4. The van der Waals surface area contributed by atoms with Crippen molar-refractivity contribution in [2.75, 3.05) is 52.4 Å². The lowest BCUT2D eigenvalue weighted by molar-refractivity contribution is -0.121. The summed E-state index contributed by atoms with van der Waals surface area (Å²) in [5.74, 6) is 0.525. The van der Waals surface area contributed by atoms with Crippen LogP contribution in [-0.2, 0) is 9.53 Å². The molecule has 2 amide bonds. The van der Waals surface area contributed by atoms with Crippen LogP contribution in [-0.4, -0.2) is 91.3 Å². The third-order valence-corrected chi connectivity index (χ3v) is 3.98. The van der Waals surface area contributed by atoms with Gasteiger partial charge in [-0.1, -0.05) is 0 Å². The molecule has 1 fully saturated rings. The Kier molecular flexibility index (Phi) is 9.68. The molecule has 1 aliphatic rings. The zero-order valence-electron chi connectivity index (χ0n) is 19.2. The number of amides is 2. The average molecular weight is 413 g/mol. The summed E-state index contributed by atoms with van der Waals surface area (Å²) in [5, 5.41) is 9.32. The van der Waals surface area contributed by atoms with E-state index in [1.807, 2.05) is 48.5 Å². The molecule has 0 bridgehead atoms. The summed E-state index contributed by atoms with van der Waals surface area (Å²) in [6.07, 6.45) is -0.245. The van der Waals surface area contributed by atoms with E-state index < -0.39 is 5.60 Å². The van der Waals surface area contributed by atoms with E-state index in [4.69, 9.17) is 4.74 Å². The maximum Gasteiger partial charge on any atom is 0.410 e. The number of nitrogens with zero attached hydrogens (tertiary/aromatic N) is 3. The van der Waals surface area contributed by atoms with E-state index in [0.29, 0.717) is 25.6 Å². The Bertz CT molecular complexity index is 558. The molecule has 0 aromatic carbocycles. The summed E-state index contributed by atoms with van der Waals surface area (Å²) in [6.45, 7) is 18.7. The van der Waals surface area contributed by atoms with Crippen molar-refractivity contribution in [3.05, 3.63) is 0 Å². The lowest BCUT2D eigenvalue weighted by atomic mass is 10.1. The van der Waals surface area contributed by atoms with E-state index in [2.05, 4.69) is 25.8 Å². The maximum atomic E-state index is 12.1. The number of aliphatic imine (C=N–C) groups is 1. The predicted molar refractivity (Wildman–Crippen MR) is 116 cm³/mol. The van der Waals surface area contributed by atoms with Crippen molar-refractivity contribution in [1.82, 2.24) is 25.8 Å². The quantitative estimate of drug-likeness (QED) is 0.445. The summed E-state index contributed by atoms with van der Waals surface area (Å²) in [7, 11) is 0. The van der Waals surface area contributed by atoms with Gasteiger partial charge in [0.25, 0.3) is 0 Å². The van der Waals surface area contributed by atoms with Gasteiger partial charge in [-0.25, -0.2) is 9.79 Å². The van der Waals surface area contributed by atoms with E-state index in [1.54, 1.807) is 4.90 Å². The van der Waals surface area contributed by atoms with Gasteiger partial charge in [0, 0.05) is 51.4 Å². The Morgan fingerprint density at radius 1 is 1.00 bits per heavy atom. The second-order valence-corrected chi connectivity index (χ2v) is 9.23. The van der Waals surface area contributed by atoms with Crippen LogP contribution in [0.15, 0.2) is 4.99 Å². The summed E-state index contributed by atoms with van der Waals surface area (Å²) in [4.78, 5) is 32.5. The number of ether oxygens (including phenoxy) is 1. The van der Waals surface area contributed by atoms with Gasteiger partial charge in [-0.05, 0) is 48.5 Å². The minimum absolute atomic E-state index is 0.0845. The summed E-state index contributed by atoms with van der Waals surface area (Å²) in [5.41, 5.74) is -0.732. The number of piperazine rings is 1. The highest BCUT2D eigenvalue weighted by Gasteiger charge is 2.25. The van der Waals surface area contributed by atoms with Gasteiger partial charge >= 0.3 is 6.09 Å². The van der Waals surface area contributed by atoms with Crippen LogP contribution in [0.5, 0.6) is 0 Å². The highest BCUT2D eigenvalue weighted by atomic mass is 16.6. The molecule has 0 saturated carbocycles. The lowest BCUT2D eigenvalue weighted by Crippen LogP contribution is -2.51. The normalized spacial score (nSPS) is 16.4. The Morgan fingerprint density at radius 3 is 2.14 bits per heavy atom. The molecule has 0 atom stereocenters. The zero-order chi connectivity index (χ0) is 22.1. The van der Waals surface area contributed by atoms with E-state index in [0.717, 1.165) is 26.2 Å². The van der Waals surface area contributed by atoms with Crippen LogP contribution < -0.4 is 16.0 Å². The van der Waals surface area contributed by atoms with Crippen LogP contribution in [0.25, 0.3) is 0 Å². The standard InChI is InChI=1S/C20H40N6O3/c1-8-21-17(23-15-16(27)24-19(2,3)4)22-9-10-25-11-13-26(14-12-25)18(28)29-20(5,6)7/h8-15H2,1-7H3,(H,24,27)(H2,21,22,23). The maximum absolute atomic E-state index is 12.1. The van der Waals surface area contributed by atoms with Crippen molar-refractivity contribution in [3.8, 4) is 0 Å². The molecule has 0 spiro atoms. The van der Waals surface area contributed by atoms with Gasteiger partial charge in [0.15, 0.2) is 5.96 Å². The fourth-order valence-corrected chi connectivity index (χ4v) is 2.76. The van der Waals surface area contributed by atoms with Crippen LogP contribution in [0, 0.1) is 0 Å². The molecule has 1 rings (SSSR count). The van der Waals surface area contributed by atoms with Gasteiger partial charge in [0.05, 0.1) is 0 Å². The smallest absolute Gasteiger partial charge is 0.410 e. The van der Waals surface area contributed by atoms with Crippen molar-refractivity contribution in [2.24, 2.45) is 4.99 Å². The van der Waals surface area contributed by atoms with Gasteiger partial charge in [-0.2, -0.15) is 0 Å². The number of carbonyl (C=O) groups excluding carboxylic acids is 2. The Balaban J connectivity index is 2.36. The highest BCUT2D eigenvalue weighted by Crippen LogP contribution is 2.11. The number of hydrogen-bond acceptors (Lipinski definition) is 5. The van der Waals surface area contributed by atoms with Gasteiger partial charge in [0.1, 0.15) is 12.1 Å². The molecule has 1 heterocycles. The van der Waals surface area contributed by atoms with Crippen molar-refractivity contribution >= 4 is 18.0 Å². The summed E-state index contributed by atoms with van der Waals surface area (Å²) >= 11 is 0. The number of hydrogen-bond donors (Lipinski definition) is 3. The SMILES string of the molecule is CCNC(=NCC(=O)NC(C)(C)C)NCCN1CCN(C(=O)OC(C)(C)C)CC1. The first-order chi connectivity index (χ1) is 13.4. The number of carbonyl (C=O) groups is 2. The van der Waals surface area contributed by atoms with E-state index in [9.17, 15) is 9.59 Å². The van der Waals surface area contributed by atoms with Crippen LogP contribution in [0.1, 0.15) is 48.5 Å². The number of rotatable bonds is 6. The molecule has 0 radical (unpaired) electrons. The minimum atomic E-state index is -0.468. The molecule has 0 aromatic heterocycles. The van der Waals surface area contributed by atoms with E-state index in [1.165, 1.54) is 0 Å². The topological polar surface area (TPSA) is 98.3 Å². The average Bonchev–Trinajstić information content (AvgIpc) is 2.57. The van der Waals surface area contributed by atoms with E-state index in [-0.39, 0.29) is 24.1 Å². The van der Waals surface area contributed by atoms with Crippen molar-refractivity contribution in [1.29, 1.82) is 0 Å². The van der Waals surface area contributed by atoms with Crippen molar-refractivity contribution < 1.29 is 14.3 Å². The van der Waals surface area contributed by atoms with Crippen molar-refractivity contribution in [2.45, 2.75) is 59.6 Å². The summed E-state index contributed by atoms with van der Waals surface area (Å²) < 4.78 is 5.43. The van der Waals surface area contributed by atoms with E-state index >= 15 is 0 Å². The van der Waals surface area contributed by atoms with Crippen molar-refractivity contribution in [3.63, 3.8) is 0 Å². The molecule has 9 nitrogen and oxygen atoms in total. The van der Waals surface area contributed by atoms with Gasteiger partial charge in [-0.3, -0.25) is 9.69 Å². The Hall–Kier alpha value is -2.03. The zero-order valence-corrected chi connectivity index (χ0v) is 19.2. The predicted octanol–water partition coefficient (Wildman–Crippen LogP) is 1.01. The first-order valence-electron chi connectivity index (χ1n) is 10.4. The van der Waals surface area contributed by atoms with Crippen LogP contribution in [0.3, 0.4) is 0 Å². The fraction of sp³-hybridized carbons (Fsp3) is 0.850. The molecule has 0 aliphatic carbocycles. The molecule has 0 unspecified atom stereocenters. The molecule has 1 aliphatic heterocycles. The Labute approximate surface area is 175 Å². The van der Waals surface area contributed by atoms with Gasteiger partial charge < -0.3 is 25.6 Å². The minimum Gasteiger partial charge on any atom is -0.444 e. The van der Waals surface area contributed by atoms with Crippen LogP contribution >= 0.6 is 0 Å². The number of nitrogens with one attached hydrogen (secondary N) is 3. The molecule has 29 heavy (non-hydrogen) atoms. The molecule has 1 saturated heterocycles. The van der Waals surface area contributed by atoms with Gasteiger partial charge in [-0.15, -0.1) is 0 Å². The molecule has 3 N–H and O–H groups in total.